The van der Waals surface area contributed by atoms with Gasteiger partial charge in [-0.05, 0) is 54.0 Å². The van der Waals surface area contributed by atoms with Crippen LogP contribution in [0.1, 0.15) is 45.6 Å². The summed E-state index contributed by atoms with van der Waals surface area (Å²) in [4.78, 5) is 36.8. The van der Waals surface area contributed by atoms with Crippen LogP contribution in [-0.2, 0) is 42.8 Å². The number of hydrogen-bond donors (Lipinski definition) is 5. The molecule has 2 heterocycles. The Morgan fingerprint density at radius 1 is 1.09 bits per heavy atom. The van der Waals surface area contributed by atoms with Crippen molar-refractivity contribution in [2.45, 2.75) is 82.6 Å². The highest BCUT2D eigenvalue weighted by Crippen LogP contribution is 2.49. The molecule has 0 amide bonds. The smallest absolute Gasteiger partial charge is 0.331 e. The maximum atomic E-state index is 12.7. The van der Waals surface area contributed by atoms with Gasteiger partial charge in [0, 0.05) is 19.4 Å². The summed E-state index contributed by atoms with van der Waals surface area (Å²) in [6.07, 6.45) is -4.07. The molecule has 4 rings (SSSR count). The molecule has 1 aliphatic carbocycles. The van der Waals surface area contributed by atoms with Crippen molar-refractivity contribution in [3.05, 3.63) is 47.7 Å². The van der Waals surface area contributed by atoms with Crippen LogP contribution in [0.5, 0.6) is 5.75 Å². The minimum atomic E-state index is -1.68. The van der Waals surface area contributed by atoms with Crippen LogP contribution in [-0.4, -0.2) is 106 Å². The number of fused-ring (bicyclic) bond motifs is 1. The van der Waals surface area contributed by atoms with Gasteiger partial charge in [-0.25, -0.2) is 4.79 Å². The van der Waals surface area contributed by atoms with Gasteiger partial charge < -0.3 is 54.0 Å². The highest BCUT2D eigenvalue weighted by molar-refractivity contribution is 5.87. The van der Waals surface area contributed by atoms with Crippen LogP contribution >= 0.6 is 0 Å². The van der Waals surface area contributed by atoms with Crippen molar-refractivity contribution in [1.29, 1.82) is 0 Å². The molecule has 0 radical (unpaired) electrons. The van der Waals surface area contributed by atoms with Crippen LogP contribution in [0.25, 0.3) is 6.08 Å². The van der Waals surface area contributed by atoms with Crippen LogP contribution < -0.4 is 0 Å². The number of carbonyl (C=O) groups excluding carboxylic acids is 3. The van der Waals surface area contributed by atoms with Gasteiger partial charge in [0.05, 0.1) is 25.4 Å². The Balaban J connectivity index is 1.50. The van der Waals surface area contributed by atoms with Gasteiger partial charge >= 0.3 is 17.9 Å². The number of ether oxygens (including phenoxy) is 6. The molecule has 1 saturated carbocycles. The maximum absolute atomic E-state index is 12.7. The number of rotatable bonds is 12. The number of carbonyl (C=O) groups is 3. The number of hydrogen-bond acceptors (Lipinski definition) is 14. The number of phenolic OH excluding ortho intramolecular Hbond substituents is 1. The Labute approximate surface area is 266 Å². The number of benzene rings is 1. The quantitative estimate of drug-likeness (QED) is 0.121. The van der Waals surface area contributed by atoms with Gasteiger partial charge in [0.25, 0.3) is 0 Å². The summed E-state index contributed by atoms with van der Waals surface area (Å²) in [6, 6.07) is 6.01. The third-order valence-corrected chi connectivity index (χ3v) is 8.21. The SMILES string of the molecule is CC(=O)OCC1(O)CCC2C(COC3OC(CO)C(O)C(O)C3OC(=O)/C=C/c3ccc(O)cc3)=COC(OC(=O)CC(C)C)C21. The molecule has 0 bridgehead atoms. The summed E-state index contributed by atoms with van der Waals surface area (Å²) in [5.41, 5.74) is -0.480. The number of aliphatic hydroxyl groups is 4. The first-order valence-electron chi connectivity index (χ1n) is 15.1. The third-order valence-electron chi connectivity index (χ3n) is 8.21. The molecule has 1 aromatic carbocycles. The molecule has 2 aliphatic heterocycles. The number of aliphatic hydroxyl groups excluding tert-OH is 3. The highest BCUT2D eigenvalue weighted by atomic mass is 16.7. The largest absolute Gasteiger partial charge is 0.508 e. The fourth-order valence-corrected chi connectivity index (χ4v) is 5.88. The zero-order chi connectivity index (χ0) is 33.6. The molecule has 0 spiro atoms. The average Bonchev–Trinajstić information content (AvgIpc) is 3.36. The van der Waals surface area contributed by atoms with Crippen LogP contribution in [0.4, 0.5) is 0 Å². The summed E-state index contributed by atoms with van der Waals surface area (Å²) in [7, 11) is 0. The van der Waals surface area contributed by atoms with E-state index in [2.05, 4.69) is 0 Å². The minimum absolute atomic E-state index is 0.0207. The monoisotopic (exact) mass is 650 g/mol. The van der Waals surface area contributed by atoms with Crippen LogP contribution in [0, 0.1) is 17.8 Å². The van der Waals surface area contributed by atoms with E-state index in [9.17, 15) is 39.9 Å². The van der Waals surface area contributed by atoms with E-state index in [1.165, 1.54) is 31.4 Å². The molecule has 1 saturated heterocycles. The molecule has 254 valence electrons. The average molecular weight is 651 g/mol. The summed E-state index contributed by atoms with van der Waals surface area (Å²) in [5, 5.41) is 52.0. The Hall–Kier alpha value is -3.53. The van der Waals surface area contributed by atoms with E-state index in [-0.39, 0.29) is 37.7 Å². The lowest BCUT2D eigenvalue weighted by Crippen LogP contribution is -2.60. The molecule has 9 atom stereocenters. The molecule has 14 heteroatoms. The van der Waals surface area contributed by atoms with E-state index in [0.717, 1.165) is 6.08 Å². The predicted octanol–water partition coefficient (Wildman–Crippen LogP) is 0.923. The van der Waals surface area contributed by atoms with E-state index in [0.29, 0.717) is 17.6 Å². The van der Waals surface area contributed by atoms with Crippen molar-refractivity contribution < 1.29 is 68.3 Å². The number of phenols is 1. The van der Waals surface area contributed by atoms with Crippen LogP contribution in [0.2, 0.25) is 0 Å². The lowest BCUT2D eigenvalue weighted by atomic mass is 9.81. The van der Waals surface area contributed by atoms with E-state index in [4.69, 9.17) is 28.4 Å². The van der Waals surface area contributed by atoms with Crippen molar-refractivity contribution >= 4 is 24.0 Å². The Bertz CT molecular complexity index is 1280. The van der Waals surface area contributed by atoms with Gasteiger partial charge in [-0.2, -0.15) is 0 Å². The molecule has 5 N–H and O–H groups in total. The highest BCUT2D eigenvalue weighted by Gasteiger charge is 2.57. The van der Waals surface area contributed by atoms with Gasteiger partial charge in [-0.3, -0.25) is 9.59 Å². The molecule has 1 aromatic rings. The lowest BCUT2D eigenvalue weighted by molar-refractivity contribution is -0.302. The first-order chi connectivity index (χ1) is 21.8. The van der Waals surface area contributed by atoms with Crippen molar-refractivity contribution in [3.8, 4) is 5.75 Å². The Morgan fingerprint density at radius 3 is 2.46 bits per heavy atom. The second kappa shape index (κ2) is 15.4. The van der Waals surface area contributed by atoms with Crippen molar-refractivity contribution in [3.63, 3.8) is 0 Å². The summed E-state index contributed by atoms with van der Waals surface area (Å²) < 4.78 is 33.6. The summed E-state index contributed by atoms with van der Waals surface area (Å²) in [5.74, 6) is -3.20. The van der Waals surface area contributed by atoms with Gasteiger partial charge in [0.1, 0.15) is 36.3 Å². The van der Waals surface area contributed by atoms with Crippen molar-refractivity contribution in [2.24, 2.45) is 17.8 Å². The van der Waals surface area contributed by atoms with E-state index in [1.807, 2.05) is 13.8 Å². The zero-order valence-electron chi connectivity index (χ0n) is 25.9. The zero-order valence-corrected chi connectivity index (χ0v) is 25.9. The predicted molar refractivity (Wildman–Crippen MR) is 157 cm³/mol. The lowest BCUT2D eigenvalue weighted by Gasteiger charge is -2.42. The van der Waals surface area contributed by atoms with E-state index in [1.54, 1.807) is 12.1 Å². The first-order valence-corrected chi connectivity index (χ1v) is 15.1. The fourth-order valence-electron chi connectivity index (χ4n) is 5.88. The summed E-state index contributed by atoms with van der Waals surface area (Å²) >= 11 is 0. The van der Waals surface area contributed by atoms with E-state index >= 15 is 0 Å². The Kier molecular flexibility index (Phi) is 11.8. The van der Waals surface area contributed by atoms with Gasteiger partial charge in [0.2, 0.25) is 6.29 Å². The molecule has 2 fully saturated rings. The number of aromatic hydroxyl groups is 1. The first kappa shape index (κ1) is 35.3. The molecule has 0 aromatic heterocycles. The van der Waals surface area contributed by atoms with Gasteiger partial charge in [-0.1, -0.05) is 26.0 Å². The molecule has 3 aliphatic rings. The summed E-state index contributed by atoms with van der Waals surface area (Å²) in [6.45, 7) is 3.70. The third kappa shape index (κ3) is 8.63. The van der Waals surface area contributed by atoms with Crippen LogP contribution in [0.3, 0.4) is 0 Å². The molecule has 46 heavy (non-hydrogen) atoms. The maximum Gasteiger partial charge on any atom is 0.331 e. The molecule has 14 nitrogen and oxygen atoms in total. The van der Waals surface area contributed by atoms with Crippen LogP contribution in [0.15, 0.2) is 42.2 Å². The van der Waals surface area contributed by atoms with E-state index < -0.39 is 78.9 Å². The fraction of sp³-hybridized carbons (Fsp3) is 0.594. The Morgan fingerprint density at radius 2 is 1.80 bits per heavy atom. The second-order valence-corrected chi connectivity index (χ2v) is 12.2. The van der Waals surface area contributed by atoms with Gasteiger partial charge in [0.15, 0.2) is 12.4 Å². The topological polar surface area (TPSA) is 208 Å². The number of esters is 3. The van der Waals surface area contributed by atoms with Crippen molar-refractivity contribution in [2.75, 3.05) is 19.8 Å². The molecular formula is C32H42O14. The van der Waals surface area contributed by atoms with Crippen molar-refractivity contribution in [1.82, 2.24) is 0 Å². The standard InChI is InChI=1S/C32H42O14/c1-17(2)12-25(37)46-30-26-22(10-11-32(26,40)16-43-18(3)34)20(14-41-30)15-42-31-29(28(39)27(38)23(13-33)44-31)45-24(36)9-6-19-4-7-21(35)8-5-19/h4-9,14,17,22-23,26-31,33,35,38-40H,10-13,15-16H2,1-3H3/b9-6+. The molecule has 9 unspecified atom stereocenters. The minimum Gasteiger partial charge on any atom is -0.508 e. The second-order valence-electron chi connectivity index (χ2n) is 12.2. The normalized spacial score (nSPS) is 32.4. The van der Waals surface area contributed by atoms with Gasteiger partial charge in [-0.15, -0.1) is 0 Å². The molecular weight excluding hydrogens is 608 g/mol.